The van der Waals surface area contributed by atoms with Gasteiger partial charge in [-0.2, -0.15) is 5.10 Å². The monoisotopic (exact) mass is 387 g/mol. The molecule has 0 saturated heterocycles. The number of benzene rings is 1. The topological polar surface area (TPSA) is 85.3 Å². The molecule has 0 bridgehead atoms. The molecule has 0 radical (unpaired) electrons. The molecule has 130 valence electrons. The highest BCUT2D eigenvalue weighted by Crippen LogP contribution is 2.27. The van der Waals surface area contributed by atoms with Crippen LogP contribution in [0.5, 0.6) is 0 Å². The molecular weight excluding hydrogens is 377 g/mol. The van der Waals surface area contributed by atoms with Crippen LogP contribution in [0.15, 0.2) is 48.9 Å². The van der Waals surface area contributed by atoms with Gasteiger partial charge >= 0.3 is 5.97 Å². The van der Waals surface area contributed by atoms with Gasteiger partial charge < -0.3 is 5.11 Å². The van der Waals surface area contributed by atoms with Crippen LogP contribution in [0.1, 0.15) is 16.3 Å². The zero-order valence-corrected chi connectivity index (χ0v) is 14.7. The number of carbonyl (C=O) groups is 1. The molecule has 0 spiro atoms. The minimum atomic E-state index is -1.15. The molecule has 3 heterocycles. The fourth-order valence-corrected chi connectivity index (χ4v) is 3.03. The summed E-state index contributed by atoms with van der Waals surface area (Å²) in [5.74, 6) is -1.30. The van der Waals surface area contributed by atoms with E-state index < -0.39 is 5.97 Å². The number of hydrogen-bond donors (Lipinski definition) is 1. The molecule has 4 rings (SSSR count). The Kier molecular flexibility index (Phi) is 4.10. The third-order valence-electron chi connectivity index (χ3n) is 3.91. The van der Waals surface area contributed by atoms with Gasteiger partial charge in [0.2, 0.25) is 5.82 Å². The Labute approximate surface area is 157 Å². The molecule has 0 fully saturated rings. The van der Waals surface area contributed by atoms with Gasteiger partial charge in [0.1, 0.15) is 12.0 Å². The van der Waals surface area contributed by atoms with Crippen LogP contribution < -0.4 is 0 Å². The zero-order chi connectivity index (χ0) is 18.3. The summed E-state index contributed by atoms with van der Waals surface area (Å²) in [5, 5.41) is 14.5. The number of carboxylic acids is 1. The zero-order valence-electron chi connectivity index (χ0n) is 13.2. The number of aromatic carboxylic acids is 1. The van der Waals surface area contributed by atoms with Crippen LogP contribution in [0.3, 0.4) is 0 Å². The van der Waals surface area contributed by atoms with E-state index in [0.717, 1.165) is 11.3 Å². The molecule has 0 unspecified atom stereocenters. The second-order valence-corrected chi connectivity index (χ2v) is 6.41. The van der Waals surface area contributed by atoms with Gasteiger partial charge in [0.05, 0.1) is 23.0 Å². The maximum absolute atomic E-state index is 11.3. The van der Waals surface area contributed by atoms with Gasteiger partial charge in [0, 0.05) is 16.8 Å². The third kappa shape index (κ3) is 2.91. The lowest BCUT2D eigenvalue weighted by atomic mass is 10.1. The van der Waals surface area contributed by atoms with Gasteiger partial charge in [-0.1, -0.05) is 35.3 Å². The van der Waals surface area contributed by atoms with Crippen molar-refractivity contribution < 1.29 is 9.90 Å². The summed E-state index contributed by atoms with van der Waals surface area (Å²) in [6.45, 7) is 0.168. The number of nitrogens with zero attached hydrogens (tertiary/aromatic N) is 5. The molecule has 1 N–H and O–H groups in total. The van der Waals surface area contributed by atoms with Crippen molar-refractivity contribution in [1.29, 1.82) is 0 Å². The summed E-state index contributed by atoms with van der Waals surface area (Å²) < 4.78 is 3.13. The summed E-state index contributed by atoms with van der Waals surface area (Å²) in [6.07, 6.45) is 2.94. The number of aromatic nitrogens is 5. The van der Waals surface area contributed by atoms with Crippen molar-refractivity contribution in [1.82, 2.24) is 24.1 Å². The van der Waals surface area contributed by atoms with Crippen molar-refractivity contribution in [2.24, 2.45) is 0 Å². The van der Waals surface area contributed by atoms with E-state index in [1.165, 1.54) is 11.0 Å². The van der Waals surface area contributed by atoms with Gasteiger partial charge in [-0.25, -0.2) is 19.4 Å². The Bertz CT molecular complexity index is 1120. The Morgan fingerprint density at radius 1 is 1.08 bits per heavy atom. The van der Waals surface area contributed by atoms with Crippen LogP contribution in [-0.4, -0.2) is 35.2 Å². The van der Waals surface area contributed by atoms with E-state index in [1.54, 1.807) is 30.5 Å². The highest BCUT2D eigenvalue weighted by atomic mass is 35.5. The minimum absolute atomic E-state index is 0.149. The van der Waals surface area contributed by atoms with Crippen LogP contribution in [0.4, 0.5) is 0 Å². The number of rotatable bonds is 4. The fourth-order valence-electron chi connectivity index (χ4n) is 2.74. The number of pyridine rings is 1. The average molecular weight is 388 g/mol. The van der Waals surface area contributed by atoms with Crippen molar-refractivity contribution in [2.45, 2.75) is 6.54 Å². The first-order valence-corrected chi connectivity index (χ1v) is 8.32. The van der Waals surface area contributed by atoms with Crippen LogP contribution in [0, 0.1) is 0 Å². The lowest BCUT2D eigenvalue weighted by molar-refractivity contribution is 0.0677. The van der Waals surface area contributed by atoms with Crippen LogP contribution >= 0.6 is 23.2 Å². The second kappa shape index (κ2) is 6.44. The normalized spacial score (nSPS) is 11.2. The Morgan fingerprint density at radius 2 is 1.81 bits per heavy atom. The number of halogens is 2. The molecule has 0 aliphatic rings. The smallest absolute Gasteiger partial charge is 0.373 e. The molecular formula is C17H11Cl2N5O2. The quantitative estimate of drug-likeness (QED) is 0.577. The molecule has 26 heavy (non-hydrogen) atoms. The number of imidazole rings is 1. The standard InChI is InChI=1S/C17H11Cl2N5O2/c18-11-3-1-10(2-4-11)15-13(8-24-16(17(25)26)20-9-21-24)23-7-12(19)5-6-14(23)22-15/h1-7,9H,8H2,(H,25,26). The molecule has 7 nitrogen and oxygen atoms in total. The van der Waals surface area contributed by atoms with E-state index in [2.05, 4.69) is 15.1 Å². The Morgan fingerprint density at radius 3 is 2.54 bits per heavy atom. The van der Waals surface area contributed by atoms with Gasteiger partial charge in [-0.3, -0.25) is 4.40 Å². The van der Waals surface area contributed by atoms with E-state index in [4.69, 9.17) is 23.2 Å². The SMILES string of the molecule is O=C(O)c1ncnn1Cc1c(-c2ccc(Cl)cc2)nc2ccc(Cl)cn12. The van der Waals surface area contributed by atoms with E-state index in [-0.39, 0.29) is 12.4 Å². The van der Waals surface area contributed by atoms with Gasteiger partial charge in [-0.05, 0) is 24.3 Å². The largest absolute Gasteiger partial charge is 0.475 e. The highest BCUT2D eigenvalue weighted by molar-refractivity contribution is 6.30. The Hall–Kier alpha value is -2.90. The maximum atomic E-state index is 11.3. The molecule has 0 aliphatic heterocycles. The summed E-state index contributed by atoms with van der Waals surface area (Å²) in [4.78, 5) is 19.8. The average Bonchev–Trinajstić information content (AvgIpc) is 3.21. The van der Waals surface area contributed by atoms with Crippen molar-refractivity contribution in [3.05, 3.63) is 70.5 Å². The molecule has 0 amide bonds. The summed E-state index contributed by atoms with van der Waals surface area (Å²) in [5.41, 5.74) is 2.96. The summed E-state index contributed by atoms with van der Waals surface area (Å²) in [7, 11) is 0. The van der Waals surface area contributed by atoms with Crippen molar-refractivity contribution >= 4 is 34.8 Å². The van der Waals surface area contributed by atoms with Crippen molar-refractivity contribution in [2.75, 3.05) is 0 Å². The van der Waals surface area contributed by atoms with E-state index >= 15 is 0 Å². The molecule has 4 aromatic rings. The molecule has 9 heteroatoms. The number of carboxylic acid groups (broad SMARTS) is 1. The predicted octanol–water partition coefficient (Wildman–Crippen LogP) is 3.65. The first-order valence-electron chi connectivity index (χ1n) is 7.56. The van der Waals surface area contributed by atoms with E-state index in [1.807, 2.05) is 16.5 Å². The molecule has 3 aromatic heterocycles. The van der Waals surface area contributed by atoms with Crippen LogP contribution in [-0.2, 0) is 6.54 Å². The highest BCUT2D eigenvalue weighted by Gasteiger charge is 2.19. The van der Waals surface area contributed by atoms with E-state index in [0.29, 0.717) is 21.4 Å². The molecule has 0 aliphatic carbocycles. The number of hydrogen-bond acceptors (Lipinski definition) is 4. The number of fused-ring (bicyclic) bond motifs is 1. The predicted molar refractivity (Wildman–Crippen MR) is 96.7 cm³/mol. The first kappa shape index (κ1) is 16.6. The third-order valence-corrected chi connectivity index (χ3v) is 4.38. The van der Waals surface area contributed by atoms with Crippen molar-refractivity contribution in [3.63, 3.8) is 0 Å². The van der Waals surface area contributed by atoms with E-state index in [9.17, 15) is 9.90 Å². The lowest BCUT2D eigenvalue weighted by Crippen LogP contribution is -2.13. The summed E-state index contributed by atoms with van der Waals surface area (Å²) in [6, 6.07) is 10.8. The molecule has 0 atom stereocenters. The van der Waals surface area contributed by atoms with Gasteiger partial charge in [0.15, 0.2) is 0 Å². The molecule has 0 saturated carbocycles. The van der Waals surface area contributed by atoms with Gasteiger partial charge in [-0.15, -0.1) is 0 Å². The van der Waals surface area contributed by atoms with Crippen molar-refractivity contribution in [3.8, 4) is 11.3 Å². The van der Waals surface area contributed by atoms with Crippen LogP contribution in [0.25, 0.3) is 16.9 Å². The first-order chi connectivity index (χ1) is 12.5. The second-order valence-electron chi connectivity index (χ2n) is 5.54. The van der Waals surface area contributed by atoms with Crippen LogP contribution in [0.2, 0.25) is 10.0 Å². The maximum Gasteiger partial charge on any atom is 0.373 e. The molecule has 1 aromatic carbocycles. The van der Waals surface area contributed by atoms with Gasteiger partial charge in [0.25, 0.3) is 0 Å². The lowest BCUT2D eigenvalue weighted by Gasteiger charge is -2.07. The minimum Gasteiger partial charge on any atom is -0.475 e. The Balaban J connectivity index is 1.91. The fraction of sp³-hybridized carbons (Fsp3) is 0.0588. The summed E-state index contributed by atoms with van der Waals surface area (Å²) >= 11 is 12.1.